The van der Waals surface area contributed by atoms with Crippen molar-refractivity contribution in [3.63, 3.8) is 0 Å². The van der Waals surface area contributed by atoms with Crippen LogP contribution < -0.4 is 0 Å². The monoisotopic (exact) mass is 336 g/mol. The molecule has 0 aliphatic carbocycles. The lowest BCUT2D eigenvalue weighted by atomic mass is 10.00. The fourth-order valence-corrected chi connectivity index (χ4v) is 3.17. The lowest BCUT2D eigenvalue weighted by Gasteiger charge is -2.13. The van der Waals surface area contributed by atoms with E-state index in [4.69, 9.17) is 9.97 Å². The van der Waals surface area contributed by atoms with E-state index in [9.17, 15) is 0 Å². The quantitative estimate of drug-likeness (QED) is 0.452. The Kier molecular flexibility index (Phi) is 4.32. The van der Waals surface area contributed by atoms with Crippen molar-refractivity contribution in [2.75, 3.05) is 0 Å². The second-order valence-corrected chi connectivity index (χ2v) is 6.50. The van der Waals surface area contributed by atoms with Crippen LogP contribution in [0.5, 0.6) is 0 Å². The molecule has 26 heavy (non-hydrogen) atoms. The molecule has 0 amide bonds. The Morgan fingerprint density at radius 1 is 0.654 bits per heavy atom. The molecule has 1 heterocycles. The molecule has 2 nitrogen and oxygen atoms in total. The summed E-state index contributed by atoms with van der Waals surface area (Å²) in [5.41, 5.74) is 8.43. The van der Waals surface area contributed by atoms with Crippen molar-refractivity contribution in [2.45, 2.75) is 13.8 Å². The smallest absolute Gasteiger partial charge is 0.0972 e. The summed E-state index contributed by atoms with van der Waals surface area (Å²) in [6.07, 6.45) is 1.88. The molecule has 0 saturated carbocycles. The molecule has 0 fully saturated rings. The number of hydrogen-bond acceptors (Lipinski definition) is 2. The number of nitrogens with zero attached hydrogens (tertiary/aromatic N) is 2. The van der Waals surface area contributed by atoms with Crippen LogP contribution in [0, 0.1) is 13.8 Å². The summed E-state index contributed by atoms with van der Waals surface area (Å²) >= 11 is 0. The van der Waals surface area contributed by atoms with Crippen molar-refractivity contribution < 1.29 is 0 Å². The van der Waals surface area contributed by atoms with Gasteiger partial charge >= 0.3 is 0 Å². The van der Waals surface area contributed by atoms with E-state index in [1.807, 2.05) is 30.5 Å². The predicted octanol–water partition coefficient (Wildman–Crippen LogP) is 6.09. The Balaban J connectivity index is 1.94. The zero-order chi connectivity index (χ0) is 17.9. The molecular formula is C24H20N2. The normalized spacial score (nSPS) is 10.7. The predicted molar refractivity (Wildman–Crippen MR) is 108 cm³/mol. The maximum absolute atomic E-state index is 5.01. The zero-order valence-corrected chi connectivity index (χ0v) is 15.0. The van der Waals surface area contributed by atoms with Crippen molar-refractivity contribution in [3.8, 4) is 33.8 Å². The van der Waals surface area contributed by atoms with Gasteiger partial charge in [0.15, 0.2) is 0 Å². The summed E-state index contributed by atoms with van der Waals surface area (Å²) in [6, 6.07) is 27.0. The molecule has 126 valence electrons. The fraction of sp³-hybridized carbons (Fsp3) is 0.0833. The van der Waals surface area contributed by atoms with Gasteiger partial charge in [0.1, 0.15) is 0 Å². The maximum atomic E-state index is 5.01. The molecule has 2 heteroatoms. The van der Waals surface area contributed by atoms with Gasteiger partial charge in [-0.3, -0.25) is 4.98 Å². The van der Waals surface area contributed by atoms with Crippen LogP contribution in [0.15, 0.2) is 85.1 Å². The van der Waals surface area contributed by atoms with Gasteiger partial charge in [0, 0.05) is 16.7 Å². The summed E-state index contributed by atoms with van der Waals surface area (Å²) in [4.78, 5) is 9.84. The topological polar surface area (TPSA) is 25.8 Å². The van der Waals surface area contributed by atoms with Crippen molar-refractivity contribution in [1.29, 1.82) is 0 Å². The van der Waals surface area contributed by atoms with E-state index in [2.05, 4.69) is 68.4 Å². The Bertz CT molecular complexity index is 1050. The van der Waals surface area contributed by atoms with Gasteiger partial charge in [-0.05, 0) is 25.5 Å². The molecule has 1 aromatic heterocycles. The maximum Gasteiger partial charge on any atom is 0.0972 e. The third-order valence-corrected chi connectivity index (χ3v) is 4.53. The van der Waals surface area contributed by atoms with Crippen LogP contribution in [0.3, 0.4) is 0 Å². The molecule has 4 rings (SSSR count). The molecule has 0 unspecified atom stereocenters. The second kappa shape index (κ2) is 6.93. The molecule has 0 atom stereocenters. The van der Waals surface area contributed by atoms with Crippen LogP contribution in [0.2, 0.25) is 0 Å². The minimum atomic E-state index is 0.893. The molecule has 0 saturated heterocycles. The number of hydrogen-bond donors (Lipinski definition) is 0. The van der Waals surface area contributed by atoms with Gasteiger partial charge in [-0.15, -0.1) is 0 Å². The summed E-state index contributed by atoms with van der Waals surface area (Å²) in [7, 11) is 0. The Morgan fingerprint density at radius 2 is 1.38 bits per heavy atom. The van der Waals surface area contributed by atoms with E-state index in [0.29, 0.717) is 0 Å². The summed E-state index contributed by atoms with van der Waals surface area (Å²) in [6.45, 7) is 4.21. The third kappa shape index (κ3) is 3.14. The lowest BCUT2D eigenvalue weighted by molar-refractivity contribution is 1.20. The van der Waals surface area contributed by atoms with Crippen LogP contribution in [-0.4, -0.2) is 9.97 Å². The van der Waals surface area contributed by atoms with E-state index in [1.165, 1.54) is 11.1 Å². The molecule has 0 aliphatic heterocycles. The molecule has 0 bridgehead atoms. The van der Waals surface area contributed by atoms with Crippen molar-refractivity contribution >= 4 is 0 Å². The Morgan fingerprint density at radius 3 is 2.15 bits per heavy atom. The van der Waals surface area contributed by atoms with Crippen LogP contribution in [0.25, 0.3) is 33.8 Å². The third-order valence-electron chi connectivity index (χ3n) is 4.53. The molecule has 0 spiro atoms. The van der Waals surface area contributed by atoms with Crippen LogP contribution >= 0.6 is 0 Å². The highest BCUT2D eigenvalue weighted by molar-refractivity contribution is 5.81. The van der Waals surface area contributed by atoms with Gasteiger partial charge in [0.25, 0.3) is 0 Å². The van der Waals surface area contributed by atoms with Gasteiger partial charge in [0.05, 0.1) is 23.3 Å². The summed E-state index contributed by atoms with van der Waals surface area (Å²) in [5, 5.41) is 0. The average molecular weight is 336 g/mol. The lowest BCUT2D eigenvalue weighted by Crippen LogP contribution is -1.97. The van der Waals surface area contributed by atoms with E-state index in [0.717, 1.165) is 33.8 Å². The summed E-state index contributed by atoms with van der Waals surface area (Å²) in [5.74, 6) is 0. The Hall–Kier alpha value is -3.26. The molecule has 4 aromatic rings. The fourth-order valence-electron chi connectivity index (χ4n) is 3.17. The van der Waals surface area contributed by atoms with E-state index >= 15 is 0 Å². The van der Waals surface area contributed by atoms with E-state index < -0.39 is 0 Å². The molecular weight excluding hydrogens is 316 g/mol. The largest absolute Gasteiger partial charge is 0.252 e. The number of aromatic nitrogens is 2. The SMILES string of the molecule is Cc1cccc(-c2cnc(-c3ccccc3C)c(-c3ccccc3)n2)c1. The first-order valence-corrected chi connectivity index (χ1v) is 8.78. The van der Waals surface area contributed by atoms with Gasteiger partial charge in [-0.25, -0.2) is 4.98 Å². The summed E-state index contributed by atoms with van der Waals surface area (Å²) < 4.78 is 0. The number of rotatable bonds is 3. The average Bonchev–Trinajstić information content (AvgIpc) is 2.69. The molecule has 0 N–H and O–H groups in total. The Labute approximate surface area is 154 Å². The molecule has 0 aliphatic rings. The highest BCUT2D eigenvalue weighted by Gasteiger charge is 2.14. The van der Waals surface area contributed by atoms with Gasteiger partial charge in [-0.1, -0.05) is 78.4 Å². The van der Waals surface area contributed by atoms with Crippen molar-refractivity contribution in [3.05, 3.63) is 96.2 Å². The number of aryl methyl sites for hydroxylation is 2. The minimum Gasteiger partial charge on any atom is -0.252 e. The standard InChI is InChI=1S/C24H20N2/c1-17-9-8-13-20(15-17)22-16-25-24(21-14-7-6-10-18(21)2)23(26-22)19-11-4-3-5-12-19/h3-16H,1-2H3. The number of benzene rings is 3. The second-order valence-electron chi connectivity index (χ2n) is 6.50. The van der Waals surface area contributed by atoms with Crippen LogP contribution in [0.4, 0.5) is 0 Å². The zero-order valence-electron chi connectivity index (χ0n) is 15.0. The van der Waals surface area contributed by atoms with Crippen LogP contribution in [-0.2, 0) is 0 Å². The first kappa shape index (κ1) is 16.2. The van der Waals surface area contributed by atoms with Crippen LogP contribution in [0.1, 0.15) is 11.1 Å². The van der Waals surface area contributed by atoms with Gasteiger partial charge < -0.3 is 0 Å². The first-order chi connectivity index (χ1) is 12.7. The van der Waals surface area contributed by atoms with Crippen molar-refractivity contribution in [2.24, 2.45) is 0 Å². The molecule has 3 aromatic carbocycles. The first-order valence-electron chi connectivity index (χ1n) is 8.78. The van der Waals surface area contributed by atoms with Gasteiger partial charge in [0.2, 0.25) is 0 Å². The van der Waals surface area contributed by atoms with Crippen molar-refractivity contribution in [1.82, 2.24) is 9.97 Å². The van der Waals surface area contributed by atoms with E-state index in [1.54, 1.807) is 0 Å². The highest BCUT2D eigenvalue weighted by Crippen LogP contribution is 2.32. The minimum absolute atomic E-state index is 0.893. The van der Waals surface area contributed by atoms with Gasteiger partial charge in [-0.2, -0.15) is 0 Å². The van der Waals surface area contributed by atoms with E-state index in [-0.39, 0.29) is 0 Å². The molecule has 0 radical (unpaired) electrons. The highest BCUT2D eigenvalue weighted by atomic mass is 14.8.